The van der Waals surface area contributed by atoms with Crippen LogP contribution in [0.5, 0.6) is 0 Å². The Labute approximate surface area is 116 Å². The van der Waals surface area contributed by atoms with E-state index < -0.39 is 5.97 Å². The lowest BCUT2D eigenvalue weighted by Crippen LogP contribution is -2.30. The Bertz CT molecular complexity index is 734. The van der Waals surface area contributed by atoms with Crippen LogP contribution in [0.4, 0.5) is 0 Å². The highest BCUT2D eigenvalue weighted by molar-refractivity contribution is 6.03. The average molecular weight is 272 g/mol. The summed E-state index contributed by atoms with van der Waals surface area (Å²) in [5, 5.41) is 4.13. The summed E-state index contributed by atoms with van der Waals surface area (Å²) in [7, 11) is 0. The number of nitrogens with one attached hydrogen (secondary N) is 2. The van der Waals surface area contributed by atoms with E-state index in [0.717, 1.165) is 29.5 Å². The van der Waals surface area contributed by atoms with Crippen molar-refractivity contribution in [1.29, 1.82) is 0 Å². The maximum Gasteiger partial charge on any atom is 0.340 e. The third-order valence-electron chi connectivity index (χ3n) is 3.62. The van der Waals surface area contributed by atoms with Crippen molar-refractivity contribution >= 4 is 16.9 Å². The number of carbonyl (C=O) groups excluding carboxylic acids is 1. The van der Waals surface area contributed by atoms with E-state index in [4.69, 9.17) is 4.74 Å². The molecule has 1 aliphatic rings. The van der Waals surface area contributed by atoms with Crippen molar-refractivity contribution in [2.24, 2.45) is 0 Å². The van der Waals surface area contributed by atoms with Crippen LogP contribution in [0, 0.1) is 0 Å². The van der Waals surface area contributed by atoms with Gasteiger partial charge in [0.15, 0.2) is 0 Å². The summed E-state index contributed by atoms with van der Waals surface area (Å²) >= 11 is 0. The summed E-state index contributed by atoms with van der Waals surface area (Å²) in [6, 6.07) is 5.46. The molecule has 0 spiro atoms. The summed E-state index contributed by atoms with van der Waals surface area (Å²) in [6.07, 6.45) is 0.794. The fourth-order valence-electron chi connectivity index (χ4n) is 2.71. The highest BCUT2D eigenvalue weighted by Crippen LogP contribution is 2.24. The molecule has 2 N–H and O–H groups in total. The molecule has 0 atom stereocenters. The first-order valence-electron chi connectivity index (χ1n) is 6.77. The van der Waals surface area contributed by atoms with Gasteiger partial charge < -0.3 is 15.0 Å². The minimum Gasteiger partial charge on any atom is -0.462 e. The van der Waals surface area contributed by atoms with Gasteiger partial charge in [0.1, 0.15) is 0 Å². The van der Waals surface area contributed by atoms with Gasteiger partial charge in [0, 0.05) is 17.5 Å². The maximum absolute atomic E-state index is 12.2. The molecule has 0 saturated heterocycles. The van der Waals surface area contributed by atoms with Gasteiger partial charge in [-0.1, -0.05) is 12.1 Å². The van der Waals surface area contributed by atoms with Gasteiger partial charge in [0.25, 0.3) is 5.56 Å². The van der Waals surface area contributed by atoms with Gasteiger partial charge in [-0.25, -0.2) is 4.79 Å². The molecule has 1 aliphatic heterocycles. The first kappa shape index (κ1) is 12.9. The summed E-state index contributed by atoms with van der Waals surface area (Å²) in [5.41, 5.74) is 2.68. The molecule has 1 aromatic heterocycles. The third kappa shape index (κ3) is 2.00. The Kier molecular flexibility index (Phi) is 3.28. The van der Waals surface area contributed by atoms with Crippen LogP contribution in [0.2, 0.25) is 0 Å². The molecule has 0 unspecified atom stereocenters. The second-order valence-corrected chi connectivity index (χ2v) is 4.79. The molecule has 3 rings (SSSR count). The number of aromatic nitrogens is 1. The molecular formula is C15H16N2O3. The van der Waals surface area contributed by atoms with Crippen molar-refractivity contribution in [3.05, 3.63) is 45.2 Å². The van der Waals surface area contributed by atoms with Gasteiger partial charge in [0.2, 0.25) is 0 Å². The summed E-state index contributed by atoms with van der Waals surface area (Å²) < 4.78 is 5.05. The number of hydrogen-bond acceptors (Lipinski definition) is 4. The molecular weight excluding hydrogens is 256 g/mol. The van der Waals surface area contributed by atoms with Crippen molar-refractivity contribution in [1.82, 2.24) is 10.3 Å². The van der Waals surface area contributed by atoms with Gasteiger partial charge in [-0.15, -0.1) is 0 Å². The molecule has 20 heavy (non-hydrogen) atoms. The van der Waals surface area contributed by atoms with Crippen LogP contribution < -0.4 is 10.9 Å². The zero-order chi connectivity index (χ0) is 14.1. The quantitative estimate of drug-likeness (QED) is 0.810. The number of aromatic amines is 1. The van der Waals surface area contributed by atoms with Crippen molar-refractivity contribution in [2.75, 3.05) is 13.2 Å². The minimum atomic E-state index is -0.400. The Morgan fingerprint density at radius 3 is 3.00 bits per heavy atom. The van der Waals surface area contributed by atoms with Gasteiger partial charge in [-0.05, 0) is 31.5 Å². The summed E-state index contributed by atoms with van der Waals surface area (Å²) in [4.78, 5) is 27.0. The predicted molar refractivity (Wildman–Crippen MR) is 75.9 cm³/mol. The average Bonchev–Trinajstić information content (AvgIpc) is 2.47. The van der Waals surface area contributed by atoms with E-state index in [2.05, 4.69) is 10.3 Å². The lowest BCUT2D eigenvalue weighted by Gasteiger charge is -2.18. The molecule has 1 aromatic carbocycles. The Morgan fingerprint density at radius 2 is 2.20 bits per heavy atom. The van der Waals surface area contributed by atoms with Crippen molar-refractivity contribution in [3.63, 3.8) is 0 Å². The highest BCUT2D eigenvalue weighted by atomic mass is 16.5. The molecule has 0 bridgehead atoms. The Balaban J connectivity index is 2.28. The van der Waals surface area contributed by atoms with Crippen LogP contribution in [0.15, 0.2) is 23.0 Å². The molecule has 0 aliphatic carbocycles. The number of rotatable bonds is 2. The molecule has 2 aromatic rings. The number of ether oxygens (including phenoxy) is 1. The van der Waals surface area contributed by atoms with Gasteiger partial charge >= 0.3 is 5.97 Å². The number of benzene rings is 1. The Hall–Kier alpha value is -2.14. The van der Waals surface area contributed by atoms with Crippen molar-refractivity contribution < 1.29 is 9.53 Å². The van der Waals surface area contributed by atoms with E-state index in [9.17, 15) is 9.59 Å². The monoisotopic (exact) mass is 272 g/mol. The van der Waals surface area contributed by atoms with E-state index in [-0.39, 0.29) is 5.56 Å². The van der Waals surface area contributed by atoms with E-state index in [0.29, 0.717) is 24.2 Å². The number of hydrogen-bond donors (Lipinski definition) is 2. The van der Waals surface area contributed by atoms with Crippen molar-refractivity contribution in [2.45, 2.75) is 19.9 Å². The fourth-order valence-corrected chi connectivity index (χ4v) is 2.71. The number of para-hydroxylation sites is 1. The lowest BCUT2D eigenvalue weighted by molar-refractivity contribution is 0.0528. The number of pyridine rings is 1. The smallest absolute Gasteiger partial charge is 0.340 e. The first-order chi connectivity index (χ1) is 9.72. The number of esters is 1. The zero-order valence-electron chi connectivity index (χ0n) is 11.3. The van der Waals surface area contributed by atoms with Crippen LogP contribution in [0.25, 0.3) is 10.9 Å². The molecule has 0 fully saturated rings. The first-order valence-corrected chi connectivity index (χ1v) is 6.77. The lowest BCUT2D eigenvalue weighted by atomic mass is 9.96. The molecule has 5 nitrogen and oxygen atoms in total. The summed E-state index contributed by atoms with van der Waals surface area (Å²) in [5.74, 6) is -0.400. The van der Waals surface area contributed by atoms with Gasteiger partial charge in [-0.3, -0.25) is 4.79 Å². The zero-order valence-corrected chi connectivity index (χ0v) is 11.3. The number of fused-ring (bicyclic) bond motifs is 3. The molecule has 0 radical (unpaired) electrons. The summed E-state index contributed by atoms with van der Waals surface area (Å²) in [6.45, 7) is 3.49. The second kappa shape index (κ2) is 5.09. The topological polar surface area (TPSA) is 71.2 Å². The minimum absolute atomic E-state index is 0.128. The van der Waals surface area contributed by atoms with Crippen LogP contribution in [0.3, 0.4) is 0 Å². The van der Waals surface area contributed by atoms with E-state index in [1.165, 1.54) is 0 Å². The highest BCUT2D eigenvalue weighted by Gasteiger charge is 2.19. The third-order valence-corrected chi connectivity index (χ3v) is 3.62. The maximum atomic E-state index is 12.2. The van der Waals surface area contributed by atoms with Gasteiger partial charge in [0.05, 0.1) is 17.7 Å². The Morgan fingerprint density at radius 1 is 1.35 bits per heavy atom. The predicted octanol–water partition coefficient (Wildman–Crippen LogP) is 1.35. The molecule has 0 saturated carbocycles. The van der Waals surface area contributed by atoms with E-state index in [1.54, 1.807) is 13.0 Å². The van der Waals surface area contributed by atoms with Crippen molar-refractivity contribution in [3.8, 4) is 0 Å². The number of H-pyrrole nitrogens is 1. The normalized spacial score (nSPS) is 14.1. The standard InChI is InChI=1S/C15H16N2O3/c1-2-20-15(19)11-5-3-4-10-9-6-7-16-8-12(9)14(18)17-13(10)11/h3-5,16H,2,6-8H2,1H3,(H,17,18). The molecule has 2 heterocycles. The SMILES string of the molecule is CCOC(=O)c1cccc2c3c(c(=O)[nH]c12)CNCC3. The van der Waals surface area contributed by atoms with Crippen LogP contribution in [-0.2, 0) is 17.7 Å². The van der Waals surface area contributed by atoms with E-state index >= 15 is 0 Å². The molecule has 104 valence electrons. The van der Waals surface area contributed by atoms with Gasteiger partial charge in [-0.2, -0.15) is 0 Å². The molecule has 5 heteroatoms. The molecule has 0 amide bonds. The van der Waals surface area contributed by atoms with E-state index in [1.807, 2.05) is 12.1 Å². The van der Waals surface area contributed by atoms with Crippen LogP contribution >= 0.6 is 0 Å². The fraction of sp³-hybridized carbons (Fsp3) is 0.333. The number of carbonyl (C=O) groups is 1. The second-order valence-electron chi connectivity index (χ2n) is 4.79. The van der Waals surface area contributed by atoms with Crippen LogP contribution in [-0.4, -0.2) is 24.1 Å². The largest absolute Gasteiger partial charge is 0.462 e. The van der Waals surface area contributed by atoms with Crippen LogP contribution in [0.1, 0.15) is 28.4 Å².